The molecule has 20 heavy (non-hydrogen) atoms. The Labute approximate surface area is 118 Å². The molecule has 3 unspecified atom stereocenters. The van der Waals surface area contributed by atoms with Gasteiger partial charge in [-0.15, -0.1) is 0 Å². The Morgan fingerprint density at radius 3 is 3.00 bits per heavy atom. The molecule has 1 aromatic carbocycles. The van der Waals surface area contributed by atoms with Gasteiger partial charge in [0.25, 0.3) is 0 Å². The van der Waals surface area contributed by atoms with Crippen LogP contribution in [0, 0.1) is 5.82 Å². The first-order chi connectivity index (χ1) is 9.83. The standard InChI is InChI=1S/C16H20FN3/c17-12-5-3-4-11(10-12)14-8-9-18-16-19-13-6-1-2-7-15(13)20(14)16/h3-5,10,13-15H,1-2,6-9H2,(H,18,19). The zero-order chi connectivity index (χ0) is 13.5. The van der Waals surface area contributed by atoms with Crippen molar-refractivity contribution in [1.82, 2.24) is 10.2 Å². The van der Waals surface area contributed by atoms with E-state index in [1.165, 1.54) is 31.7 Å². The Morgan fingerprint density at radius 2 is 2.10 bits per heavy atom. The van der Waals surface area contributed by atoms with E-state index in [4.69, 9.17) is 0 Å². The van der Waals surface area contributed by atoms with Crippen LogP contribution in [0.4, 0.5) is 4.39 Å². The lowest BCUT2D eigenvalue weighted by atomic mass is 9.89. The zero-order valence-electron chi connectivity index (χ0n) is 11.6. The lowest BCUT2D eigenvalue weighted by Gasteiger charge is -2.38. The number of benzene rings is 1. The SMILES string of the molecule is Fc1cccc(C2CCN=C3NC4CCCCC4N32)c1. The highest BCUT2D eigenvalue weighted by molar-refractivity contribution is 5.84. The number of fused-ring (bicyclic) bond motifs is 3. The van der Waals surface area contributed by atoms with Crippen LogP contribution in [0.15, 0.2) is 29.3 Å². The second-order valence-electron chi connectivity index (χ2n) is 6.07. The maximum Gasteiger partial charge on any atom is 0.195 e. The van der Waals surface area contributed by atoms with E-state index in [1.54, 1.807) is 6.07 Å². The number of nitrogens with zero attached hydrogens (tertiary/aromatic N) is 2. The Bertz CT molecular complexity index is 542. The fourth-order valence-electron chi connectivity index (χ4n) is 3.99. The Hall–Kier alpha value is -1.58. The summed E-state index contributed by atoms with van der Waals surface area (Å²) in [4.78, 5) is 7.08. The lowest BCUT2D eigenvalue weighted by molar-refractivity contribution is 0.188. The molecule has 4 heteroatoms. The summed E-state index contributed by atoms with van der Waals surface area (Å²) in [6.45, 7) is 0.833. The van der Waals surface area contributed by atoms with Crippen molar-refractivity contribution in [2.45, 2.75) is 50.2 Å². The molecule has 2 fully saturated rings. The van der Waals surface area contributed by atoms with E-state index >= 15 is 0 Å². The van der Waals surface area contributed by atoms with E-state index in [2.05, 4.69) is 15.2 Å². The summed E-state index contributed by atoms with van der Waals surface area (Å²) >= 11 is 0. The maximum atomic E-state index is 13.5. The number of aliphatic imine (C=N–C) groups is 1. The van der Waals surface area contributed by atoms with Crippen LogP contribution in [0.25, 0.3) is 0 Å². The summed E-state index contributed by atoms with van der Waals surface area (Å²) in [5, 5.41) is 3.59. The van der Waals surface area contributed by atoms with Crippen LogP contribution in [0.3, 0.4) is 0 Å². The first-order valence-electron chi connectivity index (χ1n) is 7.68. The first kappa shape index (κ1) is 12.2. The molecule has 3 atom stereocenters. The molecule has 4 rings (SSSR count). The Morgan fingerprint density at radius 1 is 1.20 bits per heavy atom. The molecule has 2 heterocycles. The molecule has 3 aliphatic rings. The van der Waals surface area contributed by atoms with Crippen LogP contribution in [0.1, 0.15) is 43.7 Å². The molecule has 0 amide bonds. The third-order valence-electron chi connectivity index (χ3n) is 4.88. The van der Waals surface area contributed by atoms with E-state index < -0.39 is 0 Å². The minimum atomic E-state index is -0.140. The second-order valence-corrected chi connectivity index (χ2v) is 6.07. The molecule has 106 valence electrons. The first-order valence-corrected chi connectivity index (χ1v) is 7.68. The number of guanidine groups is 1. The van der Waals surface area contributed by atoms with Crippen molar-refractivity contribution < 1.29 is 4.39 Å². The summed E-state index contributed by atoms with van der Waals surface area (Å²) in [7, 11) is 0. The maximum absolute atomic E-state index is 13.5. The molecule has 1 aromatic rings. The quantitative estimate of drug-likeness (QED) is 0.852. The minimum Gasteiger partial charge on any atom is -0.351 e. The number of rotatable bonds is 1. The van der Waals surface area contributed by atoms with Crippen LogP contribution < -0.4 is 5.32 Å². The van der Waals surface area contributed by atoms with Gasteiger partial charge < -0.3 is 10.2 Å². The highest BCUT2D eigenvalue weighted by Crippen LogP contribution is 2.38. The lowest BCUT2D eigenvalue weighted by Crippen LogP contribution is -2.43. The third kappa shape index (κ3) is 1.89. The molecule has 1 saturated carbocycles. The highest BCUT2D eigenvalue weighted by Gasteiger charge is 2.43. The normalized spacial score (nSPS) is 32.1. The molecule has 0 radical (unpaired) electrons. The highest BCUT2D eigenvalue weighted by atomic mass is 19.1. The van der Waals surface area contributed by atoms with Crippen molar-refractivity contribution in [2.75, 3.05) is 6.54 Å². The van der Waals surface area contributed by atoms with Crippen LogP contribution in [-0.2, 0) is 0 Å². The van der Waals surface area contributed by atoms with Crippen molar-refractivity contribution in [2.24, 2.45) is 4.99 Å². The van der Waals surface area contributed by atoms with Gasteiger partial charge in [0.1, 0.15) is 5.82 Å². The molecule has 0 spiro atoms. The van der Waals surface area contributed by atoms with Gasteiger partial charge >= 0.3 is 0 Å². The summed E-state index contributed by atoms with van der Waals surface area (Å²) in [5.41, 5.74) is 1.09. The van der Waals surface area contributed by atoms with Crippen molar-refractivity contribution in [3.05, 3.63) is 35.6 Å². The minimum absolute atomic E-state index is 0.140. The van der Waals surface area contributed by atoms with Gasteiger partial charge in [0, 0.05) is 12.6 Å². The number of halogens is 1. The number of nitrogens with one attached hydrogen (secondary N) is 1. The van der Waals surface area contributed by atoms with Crippen LogP contribution in [-0.4, -0.2) is 29.5 Å². The van der Waals surface area contributed by atoms with E-state index in [0.717, 1.165) is 24.5 Å². The van der Waals surface area contributed by atoms with Crippen molar-refractivity contribution in [3.8, 4) is 0 Å². The molecule has 3 nitrogen and oxygen atoms in total. The average molecular weight is 273 g/mol. The van der Waals surface area contributed by atoms with Crippen molar-refractivity contribution in [3.63, 3.8) is 0 Å². The number of hydrogen-bond donors (Lipinski definition) is 1. The van der Waals surface area contributed by atoms with Gasteiger partial charge in [-0.3, -0.25) is 4.99 Å². The van der Waals surface area contributed by atoms with Gasteiger partial charge in [-0.25, -0.2) is 4.39 Å². The molecule has 1 aliphatic carbocycles. The van der Waals surface area contributed by atoms with Gasteiger partial charge in [-0.05, 0) is 37.0 Å². The van der Waals surface area contributed by atoms with E-state index in [0.29, 0.717) is 12.1 Å². The van der Waals surface area contributed by atoms with E-state index in [1.807, 2.05) is 12.1 Å². The third-order valence-corrected chi connectivity index (χ3v) is 4.88. The molecule has 1 N–H and O–H groups in total. The topological polar surface area (TPSA) is 27.6 Å². The molecular formula is C16H20FN3. The van der Waals surface area contributed by atoms with Gasteiger partial charge in [0.05, 0.1) is 12.1 Å². The van der Waals surface area contributed by atoms with Gasteiger partial charge in [-0.2, -0.15) is 0 Å². The average Bonchev–Trinajstić information content (AvgIpc) is 2.85. The van der Waals surface area contributed by atoms with Crippen LogP contribution in [0.2, 0.25) is 0 Å². The van der Waals surface area contributed by atoms with Crippen LogP contribution in [0.5, 0.6) is 0 Å². The van der Waals surface area contributed by atoms with Gasteiger partial charge in [0.2, 0.25) is 0 Å². The van der Waals surface area contributed by atoms with E-state index in [-0.39, 0.29) is 11.9 Å². The Kier molecular flexibility index (Phi) is 2.90. The summed E-state index contributed by atoms with van der Waals surface area (Å²) in [6.07, 6.45) is 6.04. The summed E-state index contributed by atoms with van der Waals surface area (Å²) in [6, 6.07) is 8.42. The zero-order valence-corrected chi connectivity index (χ0v) is 11.6. The molecular weight excluding hydrogens is 253 g/mol. The van der Waals surface area contributed by atoms with Gasteiger partial charge in [0.15, 0.2) is 5.96 Å². The summed E-state index contributed by atoms with van der Waals surface area (Å²) < 4.78 is 13.5. The predicted molar refractivity (Wildman–Crippen MR) is 77.1 cm³/mol. The summed E-state index contributed by atoms with van der Waals surface area (Å²) in [5.74, 6) is 0.904. The predicted octanol–water partition coefficient (Wildman–Crippen LogP) is 2.84. The van der Waals surface area contributed by atoms with Gasteiger partial charge in [-0.1, -0.05) is 25.0 Å². The fraction of sp³-hybridized carbons (Fsp3) is 0.562. The van der Waals surface area contributed by atoms with Crippen LogP contribution >= 0.6 is 0 Å². The monoisotopic (exact) mass is 273 g/mol. The molecule has 1 saturated heterocycles. The molecule has 0 aromatic heterocycles. The van der Waals surface area contributed by atoms with Crippen molar-refractivity contribution in [1.29, 1.82) is 0 Å². The second kappa shape index (κ2) is 4.76. The number of hydrogen-bond acceptors (Lipinski definition) is 3. The fourth-order valence-corrected chi connectivity index (χ4v) is 3.99. The van der Waals surface area contributed by atoms with Crippen molar-refractivity contribution >= 4 is 5.96 Å². The molecule has 0 bridgehead atoms. The molecule has 2 aliphatic heterocycles. The Balaban J connectivity index is 1.69. The van der Waals surface area contributed by atoms with E-state index in [9.17, 15) is 4.39 Å². The largest absolute Gasteiger partial charge is 0.351 e. The smallest absolute Gasteiger partial charge is 0.195 e.